The van der Waals surface area contributed by atoms with Crippen LogP contribution in [-0.2, 0) is 11.3 Å². The second-order valence-corrected chi connectivity index (χ2v) is 6.77. The summed E-state index contributed by atoms with van der Waals surface area (Å²) >= 11 is 0. The summed E-state index contributed by atoms with van der Waals surface area (Å²) in [7, 11) is 1.35. The van der Waals surface area contributed by atoms with E-state index >= 15 is 0 Å². The fourth-order valence-corrected chi connectivity index (χ4v) is 3.16. The molecule has 0 bridgehead atoms. The van der Waals surface area contributed by atoms with Crippen LogP contribution in [-0.4, -0.2) is 56.3 Å². The lowest BCUT2D eigenvalue weighted by atomic mass is 10.1. The highest BCUT2D eigenvalue weighted by Crippen LogP contribution is 2.12. The number of hydrogen-bond donors (Lipinski definition) is 3. The van der Waals surface area contributed by atoms with Crippen molar-refractivity contribution in [2.24, 2.45) is 4.99 Å². The van der Waals surface area contributed by atoms with Crippen molar-refractivity contribution in [3.63, 3.8) is 0 Å². The Labute approximate surface area is 162 Å². The molecule has 0 aromatic heterocycles. The minimum absolute atomic E-state index is 0.468. The van der Waals surface area contributed by atoms with E-state index in [-0.39, 0.29) is 0 Å². The number of carbonyl (C=O) groups excluding carboxylic acids is 1. The van der Waals surface area contributed by atoms with Crippen LogP contribution in [0.15, 0.2) is 29.3 Å². The molecular formula is C20H33N5O2. The van der Waals surface area contributed by atoms with Crippen LogP contribution >= 0.6 is 0 Å². The zero-order valence-electron chi connectivity index (χ0n) is 16.8. The molecule has 0 saturated carbocycles. The molecule has 0 unspecified atom stereocenters. The maximum absolute atomic E-state index is 11.2. The highest BCUT2D eigenvalue weighted by molar-refractivity contribution is 5.84. The fourth-order valence-electron chi connectivity index (χ4n) is 3.16. The van der Waals surface area contributed by atoms with Crippen molar-refractivity contribution in [2.75, 3.05) is 38.6 Å². The molecule has 7 nitrogen and oxygen atoms in total. The number of nitrogens with zero attached hydrogens (tertiary/aromatic N) is 2. The van der Waals surface area contributed by atoms with E-state index < -0.39 is 6.09 Å². The first kappa shape index (κ1) is 21.0. The summed E-state index contributed by atoms with van der Waals surface area (Å²) < 4.78 is 4.59. The van der Waals surface area contributed by atoms with Gasteiger partial charge in [-0.15, -0.1) is 0 Å². The van der Waals surface area contributed by atoms with Gasteiger partial charge in [-0.25, -0.2) is 9.79 Å². The van der Waals surface area contributed by atoms with Gasteiger partial charge in [0.15, 0.2) is 5.96 Å². The van der Waals surface area contributed by atoms with Crippen LogP contribution in [0.2, 0.25) is 0 Å². The number of amides is 1. The van der Waals surface area contributed by atoms with Gasteiger partial charge in [-0.2, -0.15) is 0 Å². The highest BCUT2D eigenvalue weighted by Gasteiger charge is 2.19. The number of rotatable bonds is 7. The third-order valence-electron chi connectivity index (χ3n) is 4.62. The molecule has 0 atom stereocenters. The lowest BCUT2D eigenvalue weighted by Crippen LogP contribution is -2.48. The summed E-state index contributed by atoms with van der Waals surface area (Å²) in [6.45, 7) is 9.23. The van der Waals surface area contributed by atoms with Crippen molar-refractivity contribution in [1.29, 1.82) is 0 Å². The Hall–Kier alpha value is -2.28. The molecule has 3 N–H and O–H groups in total. The summed E-state index contributed by atoms with van der Waals surface area (Å²) in [6, 6.07) is 8.10. The first-order chi connectivity index (χ1) is 13.1. The average molecular weight is 376 g/mol. The number of piperidine rings is 1. The zero-order chi connectivity index (χ0) is 19.5. The molecule has 1 aliphatic heterocycles. The highest BCUT2D eigenvalue weighted by atomic mass is 16.5. The van der Waals surface area contributed by atoms with Gasteiger partial charge in [0.25, 0.3) is 0 Å². The first-order valence-electron chi connectivity index (χ1n) is 9.85. The van der Waals surface area contributed by atoms with Gasteiger partial charge in [0.2, 0.25) is 0 Å². The second kappa shape index (κ2) is 11.4. The zero-order valence-corrected chi connectivity index (χ0v) is 16.8. The smallest absolute Gasteiger partial charge is 0.411 e. The van der Waals surface area contributed by atoms with Gasteiger partial charge >= 0.3 is 6.09 Å². The van der Waals surface area contributed by atoms with E-state index in [4.69, 9.17) is 4.99 Å². The SMILES string of the molecule is CCCN1CCC(NC(=NCc2ccc(NC(=O)OC)cc2)NCC)CC1. The largest absolute Gasteiger partial charge is 0.453 e. The quantitative estimate of drug-likeness (QED) is 0.505. The van der Waals surface area contributed by atoms with Gasteiger partial charge in [-0.3, -0.25) is 5.32 Å². The normalized spacial score (nSPS) is 16.0. The number of hydrogen-bond acceptors (Lipinski definition) is 4. The van der Waals surface area contributed by atoms with Gasteiger partial charge < -0.3 is 20.3 Å². The third-order valence-corrected chi connectivity index (χ3v) is 4.62. The van der Waals surface area contributed by atoms with E-state index in [0.717, 1.165) is 44.0 Å². The summed E-state index contributed by atoms with van der Waals surface area (Å²) in [4.78, 5) is 18.5. The molecule has 1 aliphatic rings. The number of ether oxygens (including phenoxy) is 1. The Morgan fingerprint density at radius 2 is 1.93 bits per heavy atom. The van der Waals surface area contributed by atoms with Gasteiger partial charge in [-0.1, -0.05) is 19.1 Å². The van der Waals surface area contributed by atoms with Gasteiger partial charge in [-0.05, 0) is 50.4 Å². The number of carbonyl (C=O) groups is 1. The van der Waals surface area contributed by atoms with E-state index in [1.807, 2.05) is 24.3 Å². The average Bonchev–Trinajstić information content (AvgIpc) is 2.69. The molecule has 150 valence electrons. The van der Waals surface area contributed by atoms with Crippen molar-refractivity contribution in [3.8, 4) is 0 Å². The Balaban J connectivity index is 1.86. The van der Waals surface area contributed by atoms with Gasteiger partial charge in [0, 0.05) is 31.4 Å². The maximum atomic E-state index is 11.2. The van der Waals surface area contributed by atoms with Gasteiger partial charge in [0.05, 0.1) is 13.7 Å². The Morgan fingerprint density at radius 1 is 1.22 bits per heavy atom. The summed E-state index contributed by atoms with van der Waals surface area (Å²) in [5.74, 6) is 0.864. The Bertz CT molecular complexity index is 595. The van der Waals surface area contributed by atoms with Crippen LogP contribution in [0.1, 0.15) is 38.7 Å². The molecule has 27 heavy (non-hydrogen) atoms. The molecule has 1 aromatic rings. The predicted octanol–water partition coefficient (Wildman–Crippen LogP) is 2.79. The van der Waals surface area contributed by atoms with Gasteiger partial charge in [0.1, 0.15) is 0 Å². The van der Waals surface area contributed by atoms with Crippen LogP contribution in [0.5, 0.6) is 0 Å². The lowest BCUT2D eigenvalue weighted by molar-refractivity contribution is 0.187. The number of guanidine groups is 1. The number of likely N-dealkylation sites (tertiary alicyclic amines) is 1. The number of methoxy groups -OCH3 is 1. The molecule has 0 aliphatic carbocycles. The number of nitrogens with one attached hydrogen (secondary N) is 3. The van der Waals surface area contributed by atoms with E-state index in [9.17, 15) is 4.79 Å². The van der Waals surface area contributed by atoms with Crippen molar-refractivity contribution >= 4 is 17.7 Å². The Kier molecular flexibility index (Phi) is 8.91. The molecule has 1 saturated heterocycles. The summed E-state index contributed by atoms with van der Waals surface area (Å²) in [5.41, 5.74) is 1.79. The number of anilines is 1. The van der Waals surface area contributed by atoms with Crippen molar-refractivity contribution in [3.05, 3.63) is 29.8 Å². The number of aliphatic imine (C=N–C) groups is 1. The Morgan fingerprint density at radius 3 is 2.52 bits per heavy atom. The molecule has 7 heteroatoms. The maximum Gasteiger partial charge on any atom is 0.411 e. The number of benzene rings is 1. The van der Waals surface area contributed by atoms with Crippen LogP contribution in [0.3, 0.4) is 0 Å². The van der Waals surface area contributed by atoms with Crippen LogP contribution in [0.25, 0.3) is 0 Å². The molecule has 0 spiro atoms. The molecule has 1 heterocycles. The fraction of sp³-hybridized carbons (Fsp3) is 0.600. The molecule has 0 radical (unpaired) electrons. The van der Waals surface area contributed by atoms with E-state index in [1.165, 1.54) is 20.1 Å². The first-order valence-corrected chi connectivity index (χ1v) is 9.85. The molecule has 1 fully saturated rings. The topological polar surface area (TPSA) is 78.0 Å². The van der Waals surface area contributed by atoms with E-state index in [2.05, 4.69) is 39.4 Å². The van der Waals surface area contributed by atoms with E-state index in [0.29, 0.717) is 18.3 Å². The van der Waals surface area contributed by atoms with Crippen LogP contribution < -0.4 is 16.0 Å². The standard InChI is InChI=1S/C20H33N5O2/c1-4-12-25-13-10-18(11-14-25)23-19(21-5-2)22-15-16-6-8-17(9-7-16)24-20(26)27-3/h6-9,18H,4-5,10-15H2,1-3H3,(H,24,26)(H2,21,22,23). The minimum Gasteiger partial charge on any atom is -0.453 e. The minimum atomic E-state index is -0.468. The molecule has 2 rings (SSSR count). The monoisotopic (exact) mass is 375 g/mol. The predicted molar refractivity (Wildman–Crippen MR) is 110 cm³/mol. The summed E-state index contributed by atoms with van der Waals surface area (Å²) in [6.07, 6.45) is 3.05. The molecule has 1 amide bonds. The van der Waals surface area contributed by atoms with Crippen LogP contribution in [0.4, 0.5) is 10.5 Å². The second-order valence-electron chi connectivity index (χ2n) is 6.77. The van der Waals surface area contributed by atoms with Crippen molar-refractivity contribution in [1.82, 2.24) is 15.5 Å². The third kappa shape index (κ3) is 7.46. The van der Waals surface area contributed by atoms with Crippen molar-refractivity contribution < 1.29 is 9.53 Å². The molecular weight excluding hydrogens is 342 g/mol. The summed E-state index contributed by atoms with van der Waals surface area (Å²) in [5, 5.41) is 9.55. The van der Waals surface area contributed by atoms with Crippen LogP contribution in [0, 0.1) is 0 Å². The van der Waals surface area contributed by atoms with E-state index in [1.54, 1.807) is 0 Å². The van der Waals surface area contributed by atoms with Crippen molar-refractivity contribution in [2.45, 2.75) is 45.7 Å². The molecule has 1 aromatic carbocycles. The lowest BCUT2D eigenvalue weighted by Gasteiger charge is -2.32.